The first-order valence-corrected chi connectivity index (χ1v) is 10.1. The lowest BCUT2D eigenvalue weighted by molar-refractivity contribution is -0.144. The van der Waals surface area contributed by atoms with E-state index in [0.717, 1.165) is 6.42 Å². The number of hydrogen-bond acceptors (Lipinski definition) is 5. The summed E-state index contributed by atoms with van der Waals surface area (Å²) in [5, 5.41) is 10.1. The maximum Gasteiger partial charge on any atom is 0.350 e. The summed E-state index contributed by atoms with van der Waals surface area (Å²) >= 11 is 0. The zero-order valence-electron chi connectivity index (χ0n) is 14.6. The second-order valence-electron chi connectivity index (χ2n) is 6.06. The van der Waals surface area contributed by atoms with Crippen LogP contribution in [0.4, 0.5) is 0 Å². The molecule has 2 atom stereocenters. The van der Waals surface area contributed by atoms with Crippen molar-refractivity contribution in [1.29, 1.82) is 0 Å². The molecule has 1 heterocycles. The van der Waals surface area contributed by atoms with Gasteiger partial charge in [0.15, 0.2) is 0 Å². The number of nitrogens with zero attached hydrogens (tertiary/aromatic N) is 1. The highest BCUT2D eigenvalue weighted by molar-refractivity contribution is 7.65. The molecule has 0 bridgehead atoms. The number of rotatable bonds is 6. The molecule has 0 amide bonds. The molecule has 138 valence electrons. The zero-order chi connectivity index (χ0) is 18.6. The highest BCUT2D eigenvalue weighted by Gasteiger charge is 2.46. The van der Waals surface area contributed by atoms with Gasteiger partial charge in [0.2, 0.25) is 0 Å². The van der Waals surface area contributed by atoms with E-state index in [1.54, 1.807) is 53.2 Å². The van der Waals surface area contributed by atoms with Crippen molar-refractivity contribution in [1.82, 2.24) is 4.67 Å². The van der Waals surface area contributed by atoms with Crippen molar-refractivity contribution < 1.29 is 23.7 Å². The lowest BCUT2D eigenvalue weighted by Gasteiger charge is -2.32. The number of carbonyl (C=O) groups is 1. The molecule has 3 rings (SSSR count). The molecule has 7 heteroatoms. The van der Waals surface area contributed by atoms with Gasteiger partial charge in [-0.05, 0) is 31.0 Å². The first-order valence-electron chi connectivity index (χ1n) is 8.49. The van der Waals surface area contributed by atoms with Crippen molar-refractivity contribution in [2.45, 2.75) is 25.5 Å². The van der Waals surface area contributed by atoms with Crippen LogP contribution in [0.5, 0.6) is 5.75 Å². The monoisotopic (exact) mass is 375 g/mol. The van der Waals surface area contributed by atoms with E-state index in [-0.39, 0.29) is 6.61 Å². The quantitative estimate of drug-likeness (QED) is 0.618. The standard InChI is InChI=1S/C19H22NO5P/c1-24-19(22)17-11-7-13-20(17)26(23,16-9-3-2-4-10-16)25-18-12-6-5-8-15(18)14-21/h2-6,8-10,12,17,21H,7,11,13-14H2,1H3/t17-,26-/m0/s1. The molecule has 0 radical (unpaired) electrons. The normalized spacial score (nSPS) is 19.7. The van der Waals surface area contributed by atoms with Gasteiger partial charge in [-0.25, -0.2) is 4.67 Å². The molecule has 2 aromatic carbocycles. The smallest absolute Gasteiger partial charge is 0.350 e. The second kappa shape index (κ2) is 8.04. The van der Waals surface area contributed by atoms with E-state index in [0.29, 0.717) is 29.6 Å². The number of carbonyl (C=O) groups excluding carboxylic acids is 1. The number of hydrogen-bond donors (Lipinski definition) is 1. The summed E-state index contributed by atoms with van der Waals surface area (Å²) in [6, 6.07) is 15.2. The van der Waals surface area contributed by atoms with Gasteiger partial charge >= 0.3 is 13.5 Å². The molecule has 1 saturated heterocycles. The van der Waals surface area contributed by atoms with E-state index in [1.807, 2.05) is 6.07 Å². The van der Waals surface area contributed by atoms with E-state index in [4.69, 9.17) is 9.26 Å². The Labute approximate surface area is 152 Å². The molecule has 1 N–H and O–H groups in total. The second-order valence-corrected chi connectivity index (χ2v) is 8.31. The molecular weight excluding hydrogens is 353 g/mol. The maximum absolute atomic E-state index is 14.1. The Hall–Kier alpha value is -2.14. The van der Waals surface area contributed by atoms with Crippen molar-refractivity contribution >= 4 is 18.8 Å². The van der Waals surface area contributed by atoms with Gasteiger partial charge in [-0.1, -0.05) is 36.4 Å². The number of ether oxygens (including phenoxy) is 1. The van der Waals surface area contributed by atoms with E-state index in [9.17, 15) is 14.5 Å². The lowest BCUT2D eigenvalue weighted by Crippen LogP contribution is -2.38. The summed E-state index contributed by atoms with van der Waals surface area (Å²) in [6.07, 6.45) is 1.29. The highest BCUT2D eigenvalue weighted by atomic mass is 31.2. The molecule has 0 spiro atoms. The molecule has 6 nitrogen and oxygen atoms in total. The fourth-order valence-electron chi connectivity index (χ4n) is 3.17. The number of benzene rings is 2. The van der Waals surface area contributed by atoms with Gasteiger partial charge in [-0.15, -0.1) is 0 Å². The van der Waals surface area contributed by atoms with Crippen LogP contribution in [0.15, 0.2) is 54.6 Å². The van der Waals surface area contributed by atoms with Gasteiger partial charge in [0.25, 0.3) is 0 Å². The SMILES string of the molecule is COC(=O)[C@@H]1CCCN1[P@@](=O)(Oc1ccccc1CO)c1ccccc1. The van der Waals surface area contributed by atoms with Crippen molar-refractivity contribution in [3.05, 3.63) is 60.2 Å². The molecule has 0 aromatic heterocycles. The summed E-state index contributed by atoms with van der Waals surface area (Å²) in [7, 11) is -2.26. The van der Waals surface area contributed by atoms with Crippen LogP contribution < -0.4 is 9.83 Å². The molecule has 0 saturated carbocycles. The average Bonchev–Trinajstić information content (AvgIpc) is 3.19. The molecule has 1 fully saturated rings. The first-order chi connectivity index (χ1) is 12.6. The topological polar surface area (TPSA) is 76.1 Å². The predicted molar refractivity (Wildman–Crippen MR) is 98.4 cm³/mol. The number of aliphatic hydroxyl groups excluding tert-OH is 1. The van der Waals surface area contributed by atoms with Crippen LogP contribution in [-0.2, 0) is 20.7 Å². The number of esters is 1. The van der Waals surface area contributed by atoms with Gasteiger partial charge in [0, 0.05) is 12.1 Å². The first kappa shape index (κ1) is 18.6. The summed E-state index contributed by atoms with van der Waals surface area (Å²) in [5.74, 6) is -0.0737. The Balaban J connectivity index is 2.06. The molecule has 1 aliphatic rings. The van der Waals surface area contributed by atoms with E-state index >= 15 is 0 Å². The van der Waals surface area contributed by atoms with Gasteiger partial charge in [-0.2, -0.15) is 0 Å². The molecule has 2 aromatic rings. The third-order valence-electron chi connectivity index (χ3n) is 4.48. The molecule has 0 unspecified atom stereocenters. The minimum Gasteiger partial charge on any atom is -0.468 e. The summed E-state index contributed by atoms with van der Waals surface area (Å²) < 4.78 is 26.6. The fourth-order valence-corrected chi connectivity index (χ4v) is 5.65. The molecule has 26 heavy (non-hydrogen) atoms. The summed E-state index contributed by atoms with van der Waals surface area (Å²) in [6.45, 7) is 0.235. The Morgan fingerprint density at radius 1 is 1.19 bits per heavy atom. The van der Waals surface area contributed by atoms with E-state index in [1.165, 1.54) is 7.11 Å². The highest BCUT2D eigenvalue weighted by Crippen LogP contribution is 2.54. The van der Waals surface area contributed by atoms with Crippen LogP contribution in [0, 0.1) is 0 Å². The van der Waals surface area contributed by atoms with E-state index in [2.05, 4.69) is 0 Å². The van der Waals surface area contributed by atoms with Crippen molar-refractivity contribution in [2.24, 2.45) is 0 Å². The minimum absolute atomic E-state index is 0.231. The predicted octanol–water partition coefficient (Wildman–Crippen LogP) is 2.71. The van der Waals surface area contributed by atoms with Gasteiger partial charge in [0.05, 0.1) is 19.0 Å². The molecule has 0 aliphatic carbocycles. The van der Waals surface area contributed by atoms with Crippen LogP contribution in [0.3, 0.4) is 0 Å². The van der Waals surface area contributed by atoms with Crippen LogP contribution in [0.25, 0.3) is 0 Å². The zero-order valence-corrected chi connectivity index (χ0v) is 15.5. The molecule has 1 aliphatic heterocycles. The maximum atomic E-state index is 14.1. The largest absolute Gasteiger partial charge is 0.468 e. The minimum atomic E-state index is -3.58. The van der Waals surface area contributed by atoms with Crippen molar-refractivity contribution in [3.63, 3.8) is 0 Å². The van der Waals surface area contributed by atoms with Gasteiger partial charge in [0.1, 0.15) is 11.8 Å². The summed E-state index contributed by atoms with van der Waals surface area (Å²) in [5.41, 5.74) is 0.539. The number of aliphatic hydroxyl groups is 1. The Kier molecular flexibility index (Phi) is 5.77. The summed E-state index contributed by atoms with van der Waals surface area (Å²) in [4.78, 5) is 12.2. The molecular formula is C19H22NO5P. The van der Waals surface area contributed by atoms with Crippen LogP contribution in [-0.4, -0.2) is 35.4 Å². The average molecular weight is 375 g/mol. The third kappa shape index (κ3) is 3.54. The van der Waals surface area contributed by atoms with Crippen LogP contribution >= 0.6 is 7.52 Å². The Morgan fingerprint density at radius 3 is 2.58 bits per heavy atom. The number of para-hydroxylation sites is 1. The Bertz CT molecular complexity index is 811. The van der Waals surface area contributed by atoms with Crippen LogP contribution in [0.1, 0.15) is 18.4 Å². The van der Waals surface area contributed by atoms with E-state index < -0.39 is 19.5 Å². The van der Waals surface area contributed by atoms with Gasteiger partial charge < -0.3 is 14.4 Å². The fraction of sp³-hybridized carbons (Fsp3) is 0.316. The Morgan fingerprint density at radius 2 is 1.88 bits per heavy atom. The number of methoxy groups -OCH3 is 1. The van der Waals surface area contributed by atoms with Gasteiger partial charge in [-0.3, -0.25) is 9.36 Å². The van der Waals surface area contributed by atoms with Crippen molar-refractivity contribution in [2.75, 3.05) is 13.7 Å². The third-order valence-corrected chi connectivity index (χ3v) is 7.03. The van der Waals surface area contributed by atoms with Crippen molar-refractivity contribution in [3.8, 4) is 5.75 Å². The van der Waals surface area contributed by atoms with Crippen LogP contribution in [0.2, 0.25) is 0 Å². The lowest BCUT2D eigenvalue weighted by atomic mass is 10.2.